The third-order valence-corrected chi connectivity index (χ3v) is 2.42. The summed E-state index contributed by atoms with van der Waals surface area (Å²) in [5.74, 6) is 1.28. The van der Waals surface area contributed by atoms with Gasteiger partial charge in [-0.3, -0.25) is 4.79 Å². The van der Waals surface area contributed by atoms with Crippen molar-refractivity contribution in [2.24, 2.45) is 0 Å². The van der Waals surface area contributed by atoms with Gasteiger partial charge in [-0.1, -0.05) is 15.9 Å². The summed E-state index contributed by atoms with van der Waals surface area (Å²) >= 11 is 3.19. The molecule has 5 heteroatoms. The maximum Gasteiger partial charge on any atom is 0.237 e. The third-order valence-electron chi connectivity index (χ3n) is 2.00. The summed E-state index contributed by atoms with van der Waals surface area (Å²) in [5, 5.41) is 2.75. The Morgan fingerprint density at radius 1 is 1.47 bits per heavy atom. The number of hydrogen-bond acceptors (Lipinski definition) is 3. The van der Waals surface area contributed by atoms with Gasteiger partial charge < -0.3 is 14.8 Å². The number of benzene rings is 1. The van der Waals surface area contributed by atoms with Gasteiger partial charge in [0.25, 0.3) is 0 Å². The molecule has 0 aliphatic carbocycles. The van der Waals surface area contributed by atoms with E-state index in [1.807, 2.05) is 0 Å². The standard InChI is InChI=1S/C10H10BrNO3/c1-6(11)10(13)12-7-2-3-8-9(4-7)15-5-14-8/h2-4,6H,5H2,1H3,(H,12,13)/t6-/m0/s1. The van der Waals surface area contributed by atoms with Crippen LogP contribution in [0.3, 0.4) is 0 Å². The van der Waals surface area contributed by atoms with Gasteiger partial charge in [0.2, 0.25) is 12.7 Å². The van der Waals surface area contributed by atoms with Crippen molar-refractivity contribution in [3.63, 3.8) is 0 Å². The van der Waals surface area contributed by atoms with Crippen molar-refractivity contribution < 1.29 is 14.3 Å². The van der Waals surface area contributed by atoms with Gasteiger partial charge in [0.15, 0.2) is 11.5 Å². The van der Waals surface area contributed by atoms with Crippen LogP contribution < -0.4 is 14.8 Å². The van der Waals surface area contributed by atoms with Gasteiger partial charge in [0.05, 0.1) is 4.83 Å². The lowest BCUT2D eigenvalue weighted by atomic mass is 10.2. The Morgan fingerprint density at radius 3 is 2.93 bits per heavy atom. The van der Waals surface area contributed by atoms with E-state index in [-0.39, 0.29) is 17.5 Å². The molecule has 80 valence electrons. The van der Waals surface area contributed by atoms with Crippen molar-refractivity contribution >= 4 is 27.5 Å². The Bertz CT molecular complexity index is 392. The Hall–Kier alpha value is -1.23. The molecule has 0 radical (unpaired) electrons. The Morgan fingerprint density at radius 2 is 2.20 bits per heavy atom. The lowest BCUT2D eigenvalue weighted by Crippen LogP contribution is -2.19. The molecule has 1 N–H and O–H groups in total. The maximum atomic E-state index is 11.4. The first-order valence-corrected chi connectivity index (χ1v) is 5.43. The molecule has 1 amide bonds. The molecule has 15 heavy (non-hydrogen) atoms. The SMILES string of the molecule is C[C@H](Br)C(=O)Nc1ccc2c(c1)OCO2. The molecule has 0 saturated heterocycles. The molecule has 1 atom stereocenters. The molecule has 0 fully saturated rings. The minimum absolute atomic E-state index is 0.0890. The summed E-state index contributed by atoms with van der Waals surface area (Å²) in [5.41, 5.74) is 0.704. The van der Waals surface area contributed by atoms with Crippen LogP contribution in [0.5, 0.6) is 11.5 Å². The molecule has 1 aromatic carbocycles. The maximum absolute atomic E-state index is 11.4. The second-order valence-electron chi connectivity index (χ2n) is 3.17. The number of nitrogens with one attached hydrogen (secondary N) is 1. The summed E-state index contributed by atoms with van der Waals surface area (Å²) < 4.78 is 10.4. The van der Waals surface area contributed by atoms with Crippen LogP contribution >= 0.6 is 15.9 Å². The van der Waals surface area contributed by atoms with Crippen molar-refractivity contribution in [3.05, 3.63) is 18.2 Å². The highest BCUT2D eigenvalue weighted by molar-refractivity contribution is 9.10. The molecular formula is C10H10BrNO3. The van der Waals surface area contributed by atoms with Crippen LogP contribution in [0.4, 0.5) is 5.69 Å². The molecule has 4 nitrogen and oxygen atoms in total. The van der Waals surface area contributed by atoms with Gasteiger partial charge in [-0.2, -0.15) is 0 Å². The lowest BCUT2D eigenvalue weighted by Gasteiger charge is -2.06. The van der Waals surface area contributed by atoms with Crippen LogP contribution in [0.15, 0.2) is 18.2 Å². The normalized spacial score (nSPS) is 14.8. The molecule has 0 aromatic heterocycles. The highest BCUT2D eigenvalue weighted by atomic mass is 79.9. The number of amides is 1. The van der Waals surface area contributed by atoms with Gasteiger partial charge in [-0.25, -0.2) is 0 Å². The topological polar surface area (TPSA) is 47.6 Å². The second kappa shape index (κ2) is 4.10. The zero-order valence-corrected chi connectivity index (χ0v) is 9.71. The second-order valence-corrected chi connectivity index (χ2v) is 4.55. The first kappa shape index (κ1) is 10.3. The number of ether oxygens (including phenoxy) is 2. The number of anilines is 1. The Labute approximate surface area is 95.7 Å². The highest BCUT2D eigenvalue weighted by Crippen LogP contribution is 2.34. The average Bonchev–Trinajstić information content (AvgIpc) is 2.64. The minimum Gasteiger partial charge on any atom is -0.454 e. The Balaban J connectivity index is 2.13. The van der Waals surface area contributed by atoms with E-state index in [0.29, 0.717) is 17.2 Å². The molecule has 1 aromatic rings. The van der Waals surface area contributed by atoms with Gasteiger partial charge in [-0.05, 0) is 19.1 Å². The number of halogens is 1. The summed E-state index contributed by atoms with van der Waals surface area (Å²) in [7, 11) is 0. The molecule has 0 saturated carbocycles. The number of carbonyl (C=O) groups excluding carboxylic acids is 1. The fourth-order valence-corrected chi connectivity index (χ4v) is 1.33. The van der Waals surface area contributed by atoms with Gasteiger partial charge in [0, 0.05) is 11.8 Å². The van der Waals surface area contributed by atoms with E-state index in [2.05, 4.69) is 21.2 Å². The highest BCUT2D eigenvalue weighted by Gasteiger charge is 2.15. The molecule has 1 heterocycles. The number of hydrogen-bond donors (Lipinski definition) is 1. The van der Waals surface area contributed by atoms with Crippen LogP contribution in [0, 0.1) is 0 Å². The Kier molecular flexibility index (Phi) is 2.81. The van der Waals surface area contributed by atoms with Crippen LogP contribution in [-0.2, 0) is 4.79 Å². The molecule has 1 aliphatic rings. The fourth-order valence-electron chi connectivity index (χ4n) is 1.22. The number of carbonyl (C=O) groups is 1. The van der Waals surface area contributed by atoms with Crippen molar-refractivity contribution in [1.29, 1.82) is 0 Å². The number of fused-ring (bicyclic) bond motifs is 1. The van der Waals surface area contributed by atoms with Gasteiger partial charge in [0.1, 0.15) is 0 Å². The quantitative estimate of drug-likeness (QED) is 0.839. The zero-order chi connectivity index (χ0) is 10.8. The predicted molar refractivity (Wildman–Crippen MR) is 59.6 cm³/mol. The zero-order valence-electron chi connectivity index (χ0n) is 8.12. The molecule has 2 rings (SSSR count). The van der Waals surface area contributed by atoms with E-state index in [1.54, 1.807) is 25.1 Å². The number of rotatable bonds is 2. The smallest absolute Gasteiger partial charge is 0.237 e. The van der Waals surface area contributed by atoms with Crippen LogP contribution in [0.2, 0.25) is 0 Å². The summed E-state index contributed by atoms with van der Waals surface area (Å²) in [4.78, 5) is 11.2. The average molecular weight is 272 g/mol. The van der Waals surface area contributed by atoms with Crippen LogP contribution in [-0.4, -0.2) is 17.5 Å². The van der Waals surface area contributed by atoms with E-state index in [1.165, 1.54) is 0 Å². The van der Waals surface area contributed by atoms with Gasteiger partial charge in [-0.15, -0.1) is 0 Å². The minimum atomic E-state index is -0.220. The molecule has 0 spiro atoms. The van der Waals surface area contributed by atoms with Crippen molar-refractivity contribution in [1.82, 2.24) is 0 Å². The predicted octanol–water partition coefficient (Wildman–Crippen LogP) is 2.14. The van der Waals surface area contributed by atoms with E-state index in [9.17, 15) is 4.79 Å². The first-order valence-electron chi connectivity index (χ1n) is 4.51. The molecule has 0 bridgehead atoms. The first-order chi connectivity index (χ1) is 7.16. The van der Waals surface area contributed by atoms with E-state index < -0.39 is 0 Å². The summed E-state index contributed by atoms with van der Waals surface area (Å²) in [6, 6.07) is 5.30. The molecular weight excluding hydrogens is 262 g/mol. The van der Waals surface area contributed by atoms with Crippen molar-refractivity contribution in [3.8, 4) is 11.5 Å². The van der Waals surface area contributed by atoms with E-state index >= 15 is 0 Å². The molecule has 0 unspecified atom stereocenters. The van der Waals surface area contributed by atoms with Crippen LogP contribution in [0.1, 0.15) is 6.92 Å². The monoisotopic (exact) mass is 271 g/mol. The fraction of sp³-hybridized carbons (Fsp3) is 0.300. The molecule has 1 aliphatic heterocycles. The van der Waals surface area contributed by atoms with E-state index in [4.69, 9.17) is 9.47 Å². The summed E-state index contributed by atoms with van der Waals surface area (Å²) in [6.45, 7) is 2.00. The lowest BCUT2D eigenvalue weighted by molar-refractivity contribution is -0.115. The van der Waals surface area contributed by atoms with Crippen molar-refractivity contribution in [2.45, 2.75) is 11.8 Å². The van der Waals surface area contributed by atoms with Gasteiger partial charge >= 0.3 is 0 Å². The summed E-state index contributed by atoms with van der Waals surface area (Å²) in [6.07, 6.45) is 0. The van der Waals surface area contributed by atoms with Crippen LogP contribution in [0.25, 0.3) is 0 Å². The largest absolute Gasteiger partial charge is 0.454 e. The number of alkyl halides is 1. The van der Waals surface area contributed by atoms with Crippen molar-refractivity contribution in [2.75, 3.05) is 12.1 Å². The third kappa shape index (κ3) is 2.23. The van der Waals surface area contributed by atoms with E-state index in [0.717, 1.165) is 0 Å².